The van der Waals surface area contributed by atoms with Crippen LogP contribution in [0.2, 0.25) is 0 Å². The number of nitrogens with zero attached hydrogens (tertiary/aromatic N) is 4. The molecule has 1 amide bonds. The van der Waals surface area contributed by atoms with E-state index in [-0.39, 0.29) is 12.0 Å². The Hall–Kier alpha value is -2.03. The number of carbonyl (C=O) groups excluding carboxylic acids is 1. The Morgan fingerprint density at radius 1 is 1.23 bits per heavy atom. The van der Waals surface area contributed by atoms with Crippen molar-refractivity contribution in [3.63, 3.8) is 0 Å². The predicted octanol–water partition coefficient (Wildman–Crippen LogP) is 1.89. The second kappa shape index (κ2) is 7.69. The van der Waals surface area contributed by atoms with Gasteiger partial charge in [-0.15, -0.1) is 0 Å². The van der Waals surface area contributed by atoms with Crippen LogP contribution in [0.25, 0.3) is 11.4 Å². The number of nitrogens with one attached hydrogen (secondary N) is 1. The Morgan fingerprint density at radius 2 is 2.00 bits per heavy atom. The van der Waals surface area contributed by atoms with E-state index in [9.17, 15) is 4.79 Å². The molecule has 2 saturated heterocycles. The number of H-pyrrole nitrogens is 1. The van der Waals surface area contributed by atoms with Gasteiger partial charge < -0.3 is 9.64 Å². The smallest absolute Gasteiger partial charge is 0.251 e. The van der Waals surface area contributed by atoms with Crippen LogP contribution in [-0.4, -0.2) is 69.4 Å². The van der Waals surface area contributed by atoms with Crippen molar-refractivity contribution in [1.29, 1.82) is 0 Å². The van der Waals surface area contributed by atoms with Crippen molar-refractivity contribution in [2.45, 2.75) is 25.6 Å². The Labute approximate surface area is 157 Å². The molecule has 1 atom stereocenters. The van der Waals surface area contributed by atoms with E-state index in [0.717, 1.165) is 50.4 Å². The molecule has 2 aliphatic rings. The van der Waals surface area contributed by atoms with E-state index >= 15 is 0 Å². The standard InChI is InChI=1S/C18H23N5O2S/c24-17(15-7-4-12-25-15)22-10-8-21(9-11-22)13-23-18(26)19-16(20-23)14-5-2-1-3-6-14/h1-3,5-6,15H,4,7-13H2,(H,19,20,26)/t15-/m1/s1. The van der Waals surface area contributed by atoms with Crippen molar-refractivity contribution in [3.05, 3.63) is 35.1 Å². The van der Waals surface area contributed by atoms with Gasteiger partial charge in [0.2, 0.25) is 4.77 Å². The number of rotatable bonds is 4. The average molecular weight is 373 g/mol. The number of aromatic nitrogens is 3. The molecule has 1 N–H and O–H groups in total. The molecule has 0 bridgehead atoms. The van der Waals surface area contributed by atoms with Crippen LogP contribution in [-0.2, 0) is 16.2 Å². The molecule has 2 aromatic rings. The molecule has 1 aromatic heterocycles. The summed E-state index contributed by atoms with van der Waals surface area (Å²) in [5, 5.41) is 3.28. The Bertz CT molecular complexity index is 804. The molecule has 3 heterocycles. The van der Waals surface area contributed by atoms with Crippen molar-refractivity contribution in [2.75, 3.05) is 32.8 Å². The fourth-order valence-electron chi connectivity index (χ4n) is 3.46. The zero-order chi connectivity index (χ0) is 17.9. The highest BCUT2D eigenvalue weighted by molar-refractivity contribution is 7.71. The molecule has 8 heteroatoms. The summed E-state index contributed by atoms with van der Waals surface area (Å²) in [5.41, 5.74) is 1.02. The van der Waals surface area contributed by atoms with Crippen molar-refractivity contribution >= 4 is 18.1 Å². The highest BCUT2D eigenvalue weighted by Gasteiger charge is 2.30. The summed E-state index contributed by atoms with van der Waals surface area (Å²) in [5.74, 6) is 0.925. The van der Waals surface area contributed by atoms with Crippen molar-refractivity contribution < 1.29 is 9.53 Å². The third kappa shape index (κ3) is 3.72. The maximum atomic E-state index is 12.4. The SMILES string of the molecule is O=C([C@H]1CCCO1)N1CCN(Cn2[nH]c(-c3ccccc3)nc2=S)CC1. The largest absolute Gasteiger partial charge is 0.368 e. The van der Waals surface area contributed by atoms with Gasteiger partial charge in [0.1, 0.15) is 6.10 Å². The second-order valence-corrected chi connectivity index (χ2v) is 7.10. The van der Waals surface area contributed by atoms with Crippen LogP contribution in [0.5, 0.6) is 0 Å². The zero-order valence-corrected chi connectivity index (χ0v) is 15.5. The van der Waals surface area contributed by atoms with Gasteiger partial charge in [0.15, 0.2) is 5.82 Å². The summed E-state index contributed by atoms with van der Waals surface area (Å²) >= 11 is 5.39. The van der Waals surface area contributed by atoms with Gasteiger partial charge in [0, 0.05) is 38.3 Å². The molecule has 2 aliphatic heterocycles. The Kier molecular flexibility index (Phi) is 5.14. The van der Waals surface area contributed by atoms with Gasteiger partial charge in [0.25, 0.3) is 5.91 Å². The molecule has 0 unspecified atom stereocenters. The van der Waals surface area contributed by atoms with E-state index in [0.29, 0.717) is 18.0 Å². The quantitative estimate of drug-likeness (QED) is 0.829. The van der Waals surface area contributed by atoms with Crippen LogP contribution in [0.3, 0.4) is 0 Å². The topological polar surface area (TPSA) is 66.4 Å². The van der Waals surface area contributed by atoms with Crippen molar-refractivity contribution in [2.24, 2.45) is 0 Å². The lowest BCUT2D eigenvalue weighted by Gasteiger charge is -2.35. The first kappa shape index (κ1) is 17.4. The summed E-state index contributed by atoms with van der Waals surface area (Å²) in [6.07, 6.45) is 1.61. The number of piperazine rings is 1. The van der Waals surface area contributed by atoms with Gasteiger partial charge >= 0.3 is 0 Å². The van der Waals surface area contributed by atoms with Crippen molar-refractivity contribution in [3.8, 4) is 11.4 Å². The normalized spacial score (nSPS) is 21.2. The van der Waals surface area contributed by atoms with Gasteiger partial charge in [-0.1, -0.05) is 30.3 Å². The summed E-state index contributed by atoms with van der Waals surface area (Å²) in [6, 6.07) is 9.96. The Morgan fingerprint density at radius 3 is 2.69 bits per heavy atom. The van der Waals surface area contributed by atoms with Crippen LogP contribution in [0.15, 0.2) is 30.3 Å². The van der Waals surface area contributed by atoms with Crippen LogP contribution >= 0.6 is 12.2 Å². The predicted molar refractivity (Wildman–Crippen MR) is 100.0 cm³/mol. The van der Waals surface area contributed by atoms with Crippen LogP contribution in [0.4, 0.5) is 0 Å². The van der Waals surface area contributed by atoms with Crippen LogP contribution in [0, 0.1) is 4.77 Å². The second-order valence-electron chi connectivity index (χ2n) is 6.74. The summed E-state index contributed by atoms with van der Waals surface area (Å²) in [4.78, 5) is 21.1. The molecule has 138 valence electrons. The van der Waals surface area contributed by atoms with E-state index in [4.69, 9.17) is 17.0 Å². The summed E-state index contributed by atoms with van der Waals surface area (Å²) < 4.78 is 7.94. The number of carbonyl (C=O) groups is 1. The molecular formula is C18H23N5O2S. The highest BCUT2D eigenvalue weighted by Crippen LogP contribution is 2.17. The minimum atomic E-state index is -0.226. The minimum absolute atomic E-state index is 0.145. The lowest BCUT2D eigenvalue weighted by molar-refractivity contribution is -0.142. The number of hydrogen-bond acceptors (Lipinski definition) is 5. The van der Waals surface area contributed by atoms with Gasteiger partial charge in [-0.2, -0.15) is 4.98 Å². The van der Waals surface area contributed by atoms with Gasteiger partial charge in [-0.25, -0.2) is 4.68 Å². The summed E-state index contributed by atoms with van der Waals surface area (Å²) in [7, 11) is 0. The van der Waals surface area contributed by atoms with Gasteiger partial charge in [-0.3, -0.25) is 14.8 Å². The fourth-order valence-corrected chi connectivity index (χ4v) is 3.66. The van der Waals surface area contributed by atoms with E-state index in [1.807, 2.05) is 39.9 Å². The third-order valence-corrected chi connectivity index (χ3v) is 5.27. The van der Waals surface area contributed by atoms with Gasteiger partial charge in [-0.05, 0) is 25.1 Å². The van der Waals surface area contributed by atoms with E-state index in [1.54, 1.807) is 0 Å². The monoisotopic (exact) mass is 373 g/mol. The van der Waals surface area contributed by atoms with E-state index in [2.05, 4.69) is 15.0 Å². The first-order chi connectivity index (χ1) is 12.7. The van der Waals surface area contributed by atoms with Gasteiger partial charge in [0.05, 0.1) is 6.67 Å². The molecule has 0 radical (unpaired) electrons. The number of aromatic amines is 1. The molecule has 4 rings (SSSR count). The zero-order valence-electron chi connectivity index (χ0n) is 14.6. The first-order valence-electron chi connectivity index (χ1n) is 9.06. The molecule has 26 heavy (non-hydrogen) atoms. The lowest BCUT2D eigenvalue weighted by atomic mass is 10.2. The summed E-state index contributed by atoms with van der Waals surface area (Å²) in [6.45, 7) is 4.45. The molecule has 0 spiro atoms. The molecule has 0 aliphatic carbocycles. The molecule has 7 nitrogen and oxygen atoms in total. The third-order valence-electron chi connectivity index (χ3n) is 4.96. The van der Waals surface area contributed by atoms with Crippen molar-refractivity contribution in [1.82, 2.24) is 24.6 Å². The molecule has 2 fully saturated rings. The maximum absolute atomic E-state index is 12.4. The number of ether oxygens (including phenoxy) is 1. The van der Waals surface area contributed by atoms with E-state index < -0.39 is 0 Å². The lowest BCUT2D eigenvalue weighted by Crippen LogP contribution is -2.51. The number of amides is 1. The van der Waals surface area contributed by atoms with Crippen LogP contribution < -0.4 is 0 Å². The minimum Gasteiger partial charge on any atom is -0.368 e. The molecule has 1 aromatic carbocycles. The maximum Gasteiger partial charge on any atom is 0.251 e. The first-order valence-corrected chi connectivity index (χ1v) is 9.46. The molecular weight excluding hydrogens is 350 g/mol. The number of benzene rings is 1. The van der Waals surface area contributed by atoms with Crippen LogP contribution in [0.1, 0.15) is 12.8 Å². The molecule has 0 saturated carbocycles. The average Bonchev–Trinajstić information content (AvgIpc) is 3.33. The highest BCUT2D eigenvalue weighted by atomic mass is 32.1. The van der Waals surface area contributed by atoms with E-state index in [1.165, 1.54) is 0 Å². The number of hydrogen-bond donors (Lipinski definition) is 1. The fraction of sp³-hybridized carbons (Fsp3) is 0.500. The Balaban J connectivity index is 1.35.